The molecular weight excluding hydrogens is 368 g/mol. The molecule has 3 rings (SSSR count). The van der Waals surface area contributed by atoms with E-state index >= 15 is 0 Å². The zero-order valence-corrected chi connectivity index (χ0v) is 16.4. The van der Waals surface area contributed by atoms with Gasteiger partial charge in [-0.1, -0.05) is 49.6 Å². The van der Waals surface area contributed by atoms with Crippen molar-refractivity contribution in [3.8, 4) is 0 Å². The lowest BCUT2D eigenvalue weighted by Gasteiger charge is -2.20. The third kappa shape index (κ3) is 6.45. The highest BCUT2D eigenvalue weighted by Gasteiger charge is 2.21. The lowest BCUT2D eigenvalue weighted by molar-refractivity contribution is -0.145. The molecule has 2 amide bonds. The molecule has 0 unspecified atom stereocenters. The summed E-state index contributed by atoms with van der Waals surface area (Å²) in [5.41, 5.74) is 2.02. The third-order valence-corrected chi connectivity index (χ3v) is 5.03. The smallest absolute Gasteiger partial charge is 0.325 e. The molecule has 0 radical (unpaired) electrons. The number of amides is 2. The SMILES string of the molecule is O=C(CNC(=O)C1CCCCC1)OCc1ccc(C(=O)Nc2ccccc2)cc1. The molecule has 2 aromatic rings. The highest BCUT2D eigenvalue weighted by atomic mass is 16.5. The largest absolute Gasteiger partial charge is 0.460 e. The van der Waals surface area contributed by atoms with Gasteiger partial charge >= 0.3 is 5.97 Å². The topological polar surface area (TPSA) is 84.5 Å². The van der Waals surface area contributed by atoms with Gasteiger partial charge in [-0.25, -0.2) is 0 Å². The number of carbonyl (C=O) groups excluding carboxylic acids is 3. The summed E-state index contributed by atoms with van der Waals surface area (Å²) in [7, 11) is 0. The molecule has 29 heavy (non-hydrogen) atoms. The second kappa shape index (κ2) is 10.4. The van der Waals surface area contributed by atoms with Gasteiger partial charge in [-0.15, -0.1) is 0 Å². The number of hydrogen-bond acceptors (Lipinski definition) is 4. The van der Waals surface area contributed by atoms with Crippen LogP contribution in [0.15, 0.2) is 54.6 Å². The van der Waals surface area contributed by atoms with E-state index in [4.69, 9.17) is 4.74 Å². The molecule has 1 fully saturated rings. The fourth-order valence-corrected chi connectivity index (χ4v) is 3.36. The molecule has 1 saturated carbocycles. The highest BCUT2D eigenvalue weighted by molar-refractivity contribution is 6.04. The summed E-state index contributed by atoms with van der Waals surface area (Å²) in [5.74, 6) is -0.716. The Labute approximate surface area is 170 Å². The molecule has 1 aliphatic carbocycles. The van der Waals surface area contributed by atoms with Gasteiger partial charge in [0, 0.05) is 17.2 Å². The number of ether oxygens (including phenoxy) is 1. The van der Waals surface area contributed by atoms with Gasteiger partial charge in [0.15, 0.2) is 0 Å². The monoisotopic (exact) mass is 394 g/mol. The van der Waals surface area contributed by atoms with Crippen LogP contribution in [-0.4, -0.2) is 24.3 Å². The summed E-state index contributed by atoms with van der Waals surface area (Å²) in [6, 6.07) is 16.1. The lowest BCUT2D eigenvalue weighted by atomic mass is 9.89. The van der Waals surface area contributed by atoms with Crippen LogP contribution in [-0.2, 0) is 20.9 Å². The molecule has 2 aromatic carbocycles. The van der Waals surface area contributed by atoms with Crippen molar-refractivity contribution < 1.29 is 19.1 Å². The minimum atomic E-state index is -0.472. The molecule has 0 spiro atoms. The van der Waals surface area contributed by atoms with Gasteiger partial charge < -0.3 is 15.4 Å². The zero-order valence-electron chi connectivity index (χ0n) is 16.4. The van der Waals surface area contributed by atoms with Crippen molar-refractivity contribution in [3.05, 3.63) is 65.7 Å². The number of hydrogen-bond donors (Lipinski definition) is 2. The van der Waals surface area contributed by atoms with Crippen LogP contribution in [0.4, 0.5) is 5.69 Å². The number of esters is 1. The van der Waals surface area contributed by atoms with Crippen LogP contribution in [0.3, 0.4) is 0 Å². The molecule has 0 heterocycles. The first-order chi connectivity index (χ1) is 14.1. The first kappa shape index (κ1) is 20.6. The number of rotatable bonds is 7. The Morgan fingerprint density at radius 3 is 2.28 bits per heavy atom. The van der Waals surface area contributed by atoms with E-state index in [1.165, 1.54) is 6.42 Å². The number of benzene rings is 2. The van der Waals surface area contributed by atoms with E-state index in [1.807, 2.05) is 30.3 Å². The number of nitrogens with one attached hydrogen (secondary N) is 2. The molecule has 0 aromatic heterocycles. The quantitative estimate of drug-likeness (QED) is 0.702. The molecule has 0 saturated heterocycles. The van der Waals surface area contributed by atoms with E-state index in [9.17, 15) is 14.4 Å². The highest BCUT2D eigenvalue weighted by Crippen LogP contribution is 2.23. The Kier molecular flexibility index (Phi) is 7.39. The predicted molar refractivity (Wildman–Crippen MR) is 110 cm³/mol. The molecule has 0 atom stereocenters. The van der Waals surface area contributed by atoms with Gasteiger partial charge in [0.05, 0.1) is 0 Å². The van der Waals surface area contributed by atoms with Crippen LogP contribution in [0.25, 0.3) is 0 Å². The number of anilines is 1. The molecule has 6 heteroatoms. The Balaban J connectivity index is 1.40. The maximum atomic E-state index is 12.2. The fraction of sp³-hybridized carbons (Fsp3) is 0.348. The van der Waals surface area contributed by atoms with Crippen molar-refractivity contribution in [3.63, 3.8) is 0 Å². The summed E-state index contributed by atoms with van der Waals surface area (Å²) in [6.45, 7) is -0.0222. The third-order valence-electron chi connectivity index (χ3n) is 5.03. The van der Waals surface area contributed by atoms with Crippen molar-refractivity contribution >= 4 is 23.5 Å². The van der Waals surface area contributed by atoms with Crippen molar-refractivity contribution in [2.75, 3.05) is 11.9 Å². The average molecular weight is 394 g/mol. The molecule has 0 aliphatic heterocycles. The van der Waals surface area contributed by atoms with Crippen LogP contribution in [0.2, 0.25) is 0 Å². The van der Waals surface area contributed by atoms with Crippen molar-refractivity contribution in [2.24, 2.45) is 5.92 Å². The van der Waals surface area contributed by atoms with Gasteiger partial charge in [-0.3, -0.25) is 14.4 Å². The molecule has 152 valence electrons. The van der Waals surface area contributed by atoms with E-state index < -0.39 is 5.97 Å². The predicted octanol–water partition coefficient (Wildman–Crippen LogP) is 3.68. The normalized spacial score (nSPS) is 14.1. The van der Waals surface area contributed by atoms with Crippen LogP contribution in [0, 0.1) is 5.92 Å². The number of para-hydroxylation sites is 1. The number of carbonyl (C=O) groups is 3. The molecule has 0 bridgehead atoms. The summed E-state index contributed by atoms with van der Waals surface area (Å²) >= 11 is 0. The standard InChI is InChI=1S/C23H26N2O4/c26-21(15-24-22(27)18-7-3-1-4-8-18)29-16-17-11-13-19(14-12-17)23(28)25-20-9-5-2-6-10-20/h2,5-6,9-14,18H,1,3-4,7-8,15-16H2,(H,24,27)(H,25,28). The first-order valence-corrected chi connectivity index (χ1v) is 10.0. The summed E-state index contributed by atoms with van der Waals surface area (Å²) < 4.78 is 5.21. The maximum absolute atomic E-state index is 12.2. The average Bonchev–Trinajstić information content (AvgIpc) is 2.77. The Morgan fingerprint density at radius 2 is 1.59 bits per heavy atom. The van der Waals surface area contributed by atoms with E-state index in [-0.39, 0.29) is 30.9 Å². The van der Waals surface area contributed by atoms with Gasteiger partial charge in [0.25, 0.3) is 5.91 Å². The van der Waals surface area contributed by atoms with Gasteiger partial charge in [-0.05, 0) is 42.7 Å². The maximum Gasteiger partial charge on any atom is 0.325 e. The summed E-state index contributed by atoms with van der Waals surface area (Å²) in [5, 5.41) is 5.49. The van der Waals surface area contributed by atoms with Crippen LogP contribution in [0.5, 0.6) is 0 Å². The molecular formula is C23H26N2O4. The lowest BCUT2D eigenvalue weighted by Crippen LogP contribution is -2.36. The second-order valence-electron chi connectivity index (χ2n) is 7.23. The van der Waals surface area contributed by atoms with Gasteiger partial charge in [-0.2, -0.15) is 0 Å². The van der Waals surface area contributed by atoms with E-state index in [0.29, 0.717) is 5.56 Å². The minimum absolute atomic E-state index is 0.0196. The molecule has 6 nitrogen and oxygen atoms in total. The minimum Gasteiger partial charge on any atom is -0.460 e. The second-order valence-corrected chi connectivity index (χ2v) is 7.23. The molecule has 1 aliphatic rings. The fourth-order valence-electron chi connectivity index (χ4n) is 3.36. The van der Waals surface area contributed by atoms with Crippen LogP contribution >= 0.6 is 0 Å². The van der Waals surface area contributed by atoms with Crippen LogP contribution in [0.1, 0.15) is 48.0 Å². The zero-order chi connectivity index (χ0) is 20.5. The Morgan fingerprint density at radius 1 is 0.897 bits per heavy atom. The Hall–Kier alpha value is -3.15. The van der Waals surface area contributed by atoms with E-state index in [0.717, 1.165) is 36.9 Å². The van der Waals surface area contributed by atoms with Crippen molar-refractivity contribution in [2.45, 2.75) is 38.7 Å². The van der Waals surface area contributed by atoms with Crippen molar-refractivity contribution in [1.82, 2.24) is 5.32 Å². The first-order valence-electron chi connectivity index (χ1n) is 10.0. The van der Waals surface area contributed by atoms with Crippen LogP contribution < -0.4 is 10.6 Å². The van der Waals surface area contributed by atoms with Gasteiger partial charge in [0.1, 0.15) is 13.2 Å². The summed E-state index contributed by atoms with van der Waals surface area (Å²) in [4.78, 5) is 36.2. The Bertz CT molecular complexity index is 828. The van der Waals surface area contributed by atoms with Gasteiger partial charge in [0.2, 0.25) is 5.91 Å². The van der Waals surface area contributed by atoms with Crippen molar-refractivity contribution in [1.29, 1.82) is 0 Å². The van der Waals surface area contributed by atoms with E-state index in [2.05, 4.69) is 10.6 Å². The summed E-state index contributed by atoms with van der Waals surface area (Å²) in [6.07, 6.45) is 5.11. The molecule has 2 N–H and O–H groups in total. The van der Waals surface area contributed by atoms with E-state index in [1.54, 1.807) is 24.3 Å².